The molecule has 2 aromatic heterocycles. The van der Waals surface area contributed by atoms with Crippen molar-refractivity contribution in [3.8, 4) is 50.2 Å². The van der Waals surface area contributed by atoms with E-state index >= 15 is 0 Å². The number of rotatable bonds is 7. The van der Waals surface area contributed by atoms with Gasteiger partial charge in [0.2, 0.25) is 0 Å². The third-order valence-corrected chi connectivity index (χ3v) is 15.2. The van der Waals surface area contributed by atoms with Gasteiger partial charge in [-0.25, -0.2) is 0 Å². The van der Waals surface area contributed by atoms with Gasteiger partial charge in [-0.05, 0) is 141 Å². The molecule has 0 unspecified atom stereocenters. The SMILES string of the molecule is CC1(C)c2ccccc2-c2ccc(N(c3ccc(-c4ccc5sc6ccccc6c5c4)cc3)c3ccc(-c4ccc5c(c4)c4ccccc4n5-c4ccc(-c5ccccc5)cc4)cc3)cc21. The van der Waals surface area contributed by atoms with Gasteiger partial charge in [-0.2, -0.15) is 0 Å². The Morgan fingerprint density at radius 3 is 1.62 bits per heavy atom. The van der Waals surface area contributed by atoms with Crippen LogP contribution in [-0.2, 0) is 5.41 Å². The van der Waals surface area contributed by atoms with Crippen molar-refractivity contribution < 1.29 is 0 Å². The van der Waals surface area contributed by atoms with Crippen LogP contribution in [-0.4, -0.2) is 4.57 Å². The third kappa shape index (κ3) is 6.15. The molecule has 0 aliphatic heterocycles. The molecule has 13 rings (SSSR count). The maximum Gasteiger partial charge on any atom is 0.0541 e. The van der Waals surface area contributed by atoms with E-state index in [0.29, 0.717) is 0 Å². The van der Waals surface area contributed by atoms with Crippen LogP contribution in [0.15, 0.2) is 231 Å². The summed E-state index contributed by atoms with van der Waals surface area (Å²) in [4.78, 5) is 2.42. The van der Waals surface area contributed by atoms with E-state index in [-0.39, 0.29) is 5.41 Å². The maximum atomic E-state index is 2.42. The molecule has 312 valence electrons. The predicted molar refractivity (Wildman–Crippen MR) is 282 cm³/mol. The van der Waals surface area contributed by atoms with Crippen molar-refractivity contribution >= 4 is 70.4 Å². The first kappa shape index (κ1) is 38.5. The van der Waals surface area contributed by atoms with E-state index in [4.69, 9.17) is 0 Å². The zero-order valence-corrected chi connectivity index (χ0v) is 37.6. The molecular weight excluding hydrogens is 817 g/mol. The normalized spacial score (nSPS) is 12.8. The molecule has 66 heavy (non-hydrogen) atoms. The lowest BCUT2D eigenvalue weighted by Gasteiger charge is -2.28. The number of fused-ring (bicyclic) bond motifs is 9. The summed E-state index contributed by atoms with van der Waals surface area (Å²) in [5, 5.41) is 5.13. The molecule has 0 amide bonds. The fourth-order valence-electron chi connectivity index (χ4n) is 10.7. The van der Waals surface area contributed by atoms with Crippen molar-refractivity contribution in [1.29, 1.82) is 0 Å². The number of nitrogens with zero attached hydrogens (tertiary/aromatic N) is 2. The minimum Gasteiger partial charge on any atom is -0.310 e. The van der Waals surface area contributed by atoms with Crippen LogP contribution in [0.2, 0.25) is 0 Å². The zero-order chi connectivity index (χ0) is 43.9. The van der Waals surface area contributed by atoms with Gasteiger partial charge < -0.3 is 9.47 Å². The number of hydrogen-bond acceptors (Lipinski definition) is 2. The van der Waals surface area contributed by atoms with Gasteiger partial charge in [0.25, 0.3) is 0 Å². The Morgan fingerprint density at radius 1 is 0.348 bits per heavy atom. The summed E-state index contributed by atoms with van der Waals surface area (Å²) in [6.07, 6.45) is 0. The number of benzene rings is 10. The van der Waals surface area contributed by atoms with E-state index in [1.807, 2.05) is 11.3 Å². The van der Waals surface area contributed by atoms with Crippen molar-refractivity contribution in [2.45, 2.75) is 19.3 Å². The Hall–Kier alpha value is -7.98. The van der Waals surface area contributed by atoms with Gasteiger partial charge in [0.1, 0.15) is 0 Å². The van der Waals surface area contributed by atoms with Crippen LogP contribution in [0, 0.1) is 0 Å². The fraction of sp³-hybridized carbons (Fsp3) is 0.0476. The van der Waals surface area contributed by atoms with E-state index in [1.54, 1.807) is 0 Å². The van der Waals surface area contributed by atoms with Gasteiger partial charge in [-0.15, -0.1) is 11.3 Å². The molecule has 0 atom stereocenters. The lowest BCUT2D eigenvalue weighted by molar-refractivity contribution is 0.660. The first-order chi connectivity index (χ1) is 32.5. The highest BCUT2D eigenvalue weighted by atomic mass is 32.1. The smallest absolute Gasteiger partial charge is 0.0541 e. The summed E-state index contributed by atoms with van der Waals surface area (Å²) in [6.45, 7) is 4.72. The summed E-state index contributed by atoms with van der Waals surface area (Å²) in [5.74, 6) is 0. The van der Waals surface area contributed by atoms with Gasteiger partial charge in [-0.3, -0.25) is 0 Å². The second kappa shape index (κ2) is 15.1. The molecule has 12 aromatic rings. The van der Waals surface area contributed by atoms with E-state index in [9.17, 15) is 0 Å². The van der Waals surface area contributed by atoms with Crippen LogP contribution in [0.4, 0.5) is 17.1 Å². The Balaban J connectivity index is 0.882. The summed E-state index contributed by atoms with van der Waals surface area (Å²) in [7, 11) is 0. The molecule has 1 aliphatic rings. The first-order valence-corrected chi connectivity index (χ1v) is 23.6. The molecule has 0 fully saturated rings. The molecule has 3 heteroatoms. The molecular formula is C63H44N2S. The van der Waals surface area contributed by atoms with Gasteiger partial charge in [0, 0.05) is 59.1 Å². The average Bonchev–Trinajstić information content (AvgIpc) is 3.99. The van der Waals surface area contributed by atoms with E-state index in [0.717, 1.165) is 22.7 Å². The van der Waals surface area contributed by atoms with Crippen molar-refractivity contribution in [2.24, 2.45) is 0 Å². The molecule has 0 N–H and O–H groups in total. The topological polar surface area (TPSA) is 8.17 Å². The van der Waals surface area contributed by atoms with Crippen LogP contribution < -0.4 is 4.90 Å². The Kier molecular flexibility index (Phi) is 8.78. The van der Waals surface area contributed by atoms with Gasteiger partial charge in [-0.1, -0.05) is 159 Å². The Bertz CT molecular complexity index is 3820. The van der Waals surface area contributed by atoms with Crippen LogP contribution in [0.1, 0.15) is 25.0 Å². The van der Waals surface area contributed by atoms with Crippen LogP contribution >= 0.6 is 11.3 Å². The van der Waals surface area contributed by atoms with Gasteiger partial charge in [0.15, 0.2) is 0 Å². The monoisotopic (exact) mass is 860 g/mol. The number of anilines is 3. The lowest BCUT2D eigenvalue weighted by atomic mass is 9.82. The summed E-state index contributed by atoms with van der Waals surface area (Å²) in [5.41, 5.74) is 19.5. The highest BCUT2D eigenvalue weighted by Gasteiger charge is 2.35. The molecule has 0 saturated carbocycles. The second-order valence-corrected chi connectivity index (χ2v) is 19.2. The first-order valence-electron chi connectivity index (χ1n) is 22.8. The molecule has 0 radical (unpaired) electrons. The highest BCUT2D eigenvalue weighted by molar-refractivity contribution is 7.25. The summed E-state index contributed by atoms with van der Waals surface area (Å²) >= 11 is 1.86. The molecule has 0 saturated heterocycles. The number of para-hydroxylation sites is 1. The highest BCUT2D eigenvalue weighted by Crippen LogP contribution is 2.51. The lowest BCUT2D eigenvalue weighted by Crippen LogP contribution is -2.16. The molecule has 0 spiro atoms. The van der Waals surface area contributed by atoms with Crippen molar-refractivity contribution in [3.05, 3.63) is 242 Å². The molecule has 0 bridgehead atoms. The molecule has 1 aliphatic carbocycles. The Morgan fingerprint density at radius 2 is 0.864 bits per heavy atom. The molecule has 10 aromatic carbocycles. The largest absolute Gasteiger partial charge is 0.310 e. The van der Waals surface area contributed by atoms with E-state index in [1.165, 1.54) is 97.6 Å². The fourth-order valence-corrected chi connectivity index (χ4v) is 11.7. The van der Waals surface area contributed by atoms with Crippen molar-refractivity contribution in [2.75, 3.05) is 4.90 Å². The van der Waals surface area contributed by atoms with Crippen molar-refractivity contribution in [3.63, 3.8) is 0 Å². The van der Waals surface area contributed by atoms with Crippen LogP contribution in [0.25, 0.3) is 92.2 Å². The van der Waals surface area contributed by atoms with E-state index < -0.39 is 0 Å². The number of aromatic nitrogens is 1. The van der Waals surface area contributed by atoms with Crippen molar-refractivity contribution in [1.82, 2.24) is 4.57 Å². The predicted octanol–water partition coefficient (Wildman–Crippen LogP) is 17.9. The maximum absolute atomic E-state index is 2.42. The minimum absolute atomic E-state index is 0.112. The summed E-state index contributed by atoms with van der Waals surface area (Å²) < 4.78 is 5.05. The minimum atomic E-state index is -0.112. The number of hydrogen-bond donors (Lipinski definition) is 0. The Labute approximate surface area is 388 Å². The molecule has 2 nitrogen and oxygen atoms in total. The van der Waals surface area contributed by atoms with Crippen LogP contribution in [0.3, 0.4) is 0 Å². The third-order valence-electron chi connectivity index (χ3n) is 14.0. The average molecular weight is 861 g/mol. The second-order valence-electron chi connectivity index (χ2n) is 18.1. The van der Waals surface area contributed by atoms with Gasteiger partial charge >= 0.3 is 0 Å². The van der Waals surface area contributed by atoms with Gasteiger partial charge in [0.05, 0.1) is 11.0 Å². The zero-order valence-electron chi connectivity index (χ0n) is 36.7. The van der Waals surface area contributed by atoms with Crippen LogP contribution in [0.5, 0.6) is 0 Å². The standard InChI is InChI=1S/C63H44N2S/c1-63(2)57-17-9-6-14-51(57)52-35-34-50(40-58(52)63)64(48-30-24-44(25-31-48)46-27-37-62-56(39-46)54-16-8-11-19-61(54)66-62)47-28-22-43(23-29-47)45-26-36-60-55(38-45)53-15-7-10-18-59(53)65(60)49-32-20-42(21-33-49)41-12-4-3-5-13-41/h3-40H,1-2H3. The number of thiophene rings is 1. The quantitative estimate of drug-likeness (QED) is 0.155. The summed E-state index contributed by atoms with van der Waals surface area (Å²) in [6, 6.07) is 85.1. The van der Waals surface area contributed by atoms with E-state index in [2.05, 4.69) is 254 Å². The molecule has 2 heterocycles.